The molecule has 4 aromatic rings. The molecule has 0 radical (unpaired) electrons. The van der Waals surface area contributed by atoms with E-state index in [1.165, 1.54) is 11.1 Å². The third kappa shape index (κ3) is 8.06. The van der Waals surface area contributed by atoms with Crippen LogP contribution < -0.4 is 10.6 Å². The molecule has 0 aliphatic heterocycles. The maximum Gasteiger partial charge on any atom is 0.0562 e. The lowest BCUT2D eigenvalue weighted by Gasteiger charge is -2.21. The van der Waals surface area contributed by atoms with Gasteiger partial charge in [0.15, 0.2) is 0 Å². The fraction of sp³-hybridized carbons (Fsp3) is 0.152. The van der Waals surface area contributed by atoms with E-state index in [1.54, 1.807) is 12.1 Å². The maximum absolute atomic E-state index is 6.46. The van der Waals surface area contributed by atoms with Crippen LogP contribution in [0.2, 0.25) is 20.1 Å². The molecule has 39 heavy (non-hydrogen) atoms. The molecule has 200 valence electrons. The quantitative estimate of drug-likeness (QED) is 0.159. The van der Waals surface area contributed by atoms with Crippen molar-refractivity contribution >= 4 is 57.8 Å². The first-order chi connectivity index (χ1) is 18.9. The summed E-state index contributed by atoms with van der Waals surface area (Å²) in [7, 11) is 0. The van der Waals surface area contributed by atoms with Crippen LogP contribution in [0, 0.1) is 0 Å². The Bertz CT molecular complexity index is 1310. The first-order valence-corrected chi connectivity index (χ1v) is 14.2. The van der Waals surface area contributed by atoms with E-state index >= 15 is 0 Å². The van der Waals surface area contributed by atoms with Gasteiger partial charge in [-0.1, -0.05) is 95.0 Å². The molecule has 2 atom stereocenters. The van der Waals surface area contributed by atoms with Gasteiger partial charge in [-0.2, -0.15) is 0 Å². The highest BCUT2D eigenvalue weighted by molar-refractivity contribution is 6.35. The lowest BCUT2D eigenvalue weighted by Crippen LogP contribution is -2.10. The van der Waals surface area contributed by atoms with Gasteiger partial charge in [-0.15, -0.1) is 13.2 Å². The normalized spacial score (nSPS) is 12.4. The van der Waals surface area contributed by atoms with Crippen molar-refractivity contribution in [2.45, 2.75) is 31.3 Å². The summed E-state index contributed by atoms with van der Waals surface area (Å²) < 4.78 is 0. The van der Waals surface area contributed by atoms with Crippen molar-refractivity contribution in [2.24, 2.45) is 0 Å². The van der Waals surface area contributed by atoms with Crippen LogP contribution >= 0.6 is 46.4 Å². The summed E-state index contributed by atoms with van der Waals surface area (Å²) >= 11 is 25.1. The molecule has 4 aromatic carbocycles. The second-order valence-electron chi connectivity index (χ2n) is 9.34. The summed E-state index contributed by atoms with van der Waals surface area (Å²) in [5, 5.41) is 9.67. The summed E-state index contributed by atoms with van der Waals surface area (Å²) in [6.45, 7) is 7.80. The van der Waals surface area contributed by atoms with Gasteiger partial charge in [0.2, 0.25) is 0 Å². The highest BCUT2D eigenvalue weighted by atomic mass is 35.5. The monoisotopic (exact) mass is 594 g/mol. The number of hydrogen-bond acceptors (Lipinski definition) is 2. The van der Waals surface area contributed by atoms with Gasteiger partial charge >= 0.3 is 0 Å². The van der Waals surface area contributed by atoms with Crippen molar-refractivity contribution in [1.82, 2.24) is 0 Å². The Morgan fingerprint density at radius 3 is 1.28 bits per heavy atom. The van der Waals surface area contributed by atoms with Crippen molar-refractivity contribution < 1.29 is 0 Å². The summed E-state index contributed by atoms with van der Waals surface area (Å²) in [6.07, 6.45) is 6.08. The SMILES string of the molecule is C=CCC(Nc1ccc(Cc2ccc(NC(CC=C)c3ccc(Cl)cc3Cl)cc2)cc1)c1ccc(Cl)cc1Cl. The van der Waals surface area contributed by atoms with Gasteiger partial charge in [-0.05, 0) is 90.0 Å². The molecule has 0 aliphatic rings. The minimum absolute atomic E-state index is 0.00540. The van der Waals surface area contributed by atoms with Crippen LogP contribution in [0.4, 0.5) is 11.4 Å². The second kappa shape index (κ2) is 14.0. The van der Waals surface area contributed by atoms with E-state index in [0.29, 0.717) is 20.1 Å². The topological polar surface area (TPSA) is 24.1 Å². The van der Waals surface area contributed by atoms with Gasteiger partial charge in [0.25, 0.3) is 0 Å². The van der Waals surface area contributed by atoms with E-state index in [4.69, 9.17) is 46.4 Å². The zero-order chi connectivity index (χ0) is 27.8. The first kappa shape index (κ1) is 29.1. The van der Waals surface area contributed by atoms with Crippen LogP contribution in [0.1, 0.15) is 47.2 Å². The number of hydrogen-bond donors (Lipinski definition) is 2. The summed E-state index contributed by atoms with van der Waals surface area (Å²) in [5.74, 6) is 0. The van der Waals surface area contributed by atoms with Crippen molar-refractivity contribution in [2.75, 3.05) is 10.6 Å². The van der Waals surface area contributed by atoms with E-state index in [0.717, 1.165) is 41.8 Å². The minimum atomic E-state index is 0.00540. The Hall–Kier alpha value is -2.88. The molecule has 0 saturated heterocycles. The predicted octanol–water partition coefficient (Wildman–Crippen LogP) is 11.3. The molecule has 4 rings (SSSR count). The first-order valence-electron chi connectivity index (χ1n) is 12.7. The Morgan fingerprint density at radius 2 is 0.949 bits per heavy atom. The molecule has 0 aromatic heterocycles. The molecule has 0 saturated carbocycles. The third-order valence-corrected chi connectivity index (χ3v) is 7.60. The minimum Gasteiger partial charge on any atom is -0.378 e. The van der Waals surface area contributed by atoms with Gasteiger partial charge in [0.1, 0.15) is 0 Å². The molecule has 6 heteroatoms. The van der Waals surface area contributed by atoms with E-state index in [2.05, 4.69) is 72.3 Å². The Kier molecular flexibility index (Phi) is 10.4. The molecular weight excluding hydrogens is 566 g/mol. The Balaban J connectivity index is 1.40. The van der Waals surface area contributed by atoms with Crippen molar-refractivity contribution in [3.05, 3.63) is 153 Å². The van der Waals surface area contributed by atoms with Gasteiger partial charge < -0.3 is 10.6 Å². The van der Waals surface area contributed by atoms with Crippen LogP contribution in [0.15, 0.2) is 110 Å². The summed E-state index contributed by atoms with van der Waals surface area (Å²) in [4.78, 5) is 0. The molecule has 0 bridgehead atoms. The van der Waals surface area contributed by atoms with Gasteiger partial charge in [-0.25, -0.2) is 0 Å². The molecule has 0 aliphatic carbocycles. The maximum atomic E-state index is 6.46. The average Bonchev–Trinajstić information content (AvgIpc) is 2.90. The average molecular weight is 596 g/mol. The summed E-state index contributed by atoms with van der Waals surface area (Å²) in [5.41, 5.74) is 6.47. The highest BCUT2D eigenvalue weighted by Crippen LogP contribution is 2.32. The lowest BCUT2D eigenvalue weighted by molar-refractivity contribution is 0.799. The van der Waals surface area contributed by atoms with Crippen LogP contribution in [-0.4, -0.2) is 0 Å². The van der Waals surface area contributed by atoms with E-state index in [-0.39, 0.29) is 12.1 Å². The second-order valence-corrected chi connectivity index (χ2v) is 11.0. The van der Waals surface area contributed by atoms with E-state index in [1.807, 2.05) is 36.4 Å². The van der Waals surface area contributed by atoms with Crippen molar-refractivity contribution in [3.8, 4) is 0 Å². The standard InChI is InChI=1S/C33H30Cl4N2/c1-3-5-32(28-17-11-24(34)20-30(28)36)38-26-13-7-22(8-14-26)19-23-9-15-27(16-10-23)39-33(6-4-2)29-18-12-25(35)21-31(29)37/h3-4,7-18,20-21,32-33,38-39H,1-2,5-6,19H2. The van der Waals surface area contributed by atoms with Gasteiger partial charge in [0, 0.05) is 31.5 Å². The van der Waals surface area contributed by atoms with Crippen molar-refractivity contribution in [1.29, 1.82) is 0 Å². The number of anilines is 2. The third-order valence-electron chi connectivity index (χ3n) is 6.48. The summed E-state index contributed by atoms with van der Waals surface area (Å²) in [6, 6.07) is 28.2. The van der Waals surface area contributed by atoms with Gasteiger partial charge in [0.05, 0.1) is 12.1 Å². The van der Waals surface area contributed by atoms with Crippen molar-refractivity contribution in [3.63, 3.8) is 0 Å². The number of nitrogens with one attached hydrogen (secondary N) is 2. The van der Waals surface area contributed by atoms with Crippen LogP contribution in [-0.2, 0) is 6.42 Å². The highest BCUT2D eigenvalue weighted by Gasteiger charge is 2.15. The Labute approximate surface area is 251 Å². The molecule has 2 unspecified atom stereocenters. The van der Waals surface area contributed by atoms with Crippen LogP contribution in [0.25, 0.3) is 0 Å². The smallest absolute Gasteiger partial charge is 0.0562 e. The zero-order valence-electron chi connectivity index (χ0n) is 21.4. The van der Waals surface area contributed by atoms with Crippen LogP contribution in [0.3, 0.4) is 0 Å². The molecular formula is C33H30Cl4N2. The molecule has 0 heterocycles. The van der Waals surface area contributed by atoms with Crippen LogP contribution in [0.5, 0.6) is 0 Å². The molecule has 0 spiro atoms. The fourth-order valence-corrected chi connectivity index (χ4v) is 5.58. The number of halogens is 4. The van der Waals surface area contributed by atoms with E-state index in [9.17, 15) is 0 Å². The Morgan fingerprint density at radius 1 is 0.564 bits per heavy atom. The molecule has 0 amide bonds. The number of rotatable bonds is 12. The predicted molar refractivity (Wildman–Crippen MR) is 171 cm³/mol. The molecule has 2 nitrogen and oxygen atoms in total. The fourth-order valence-electron chi connectivity index (χ4n) is 4.50. The lowest BCUT2D eigenvalue weighted by atomic mass is 10.0. The van der Waals surface area contributed by atoms with Gasteiger partial charge in [-0.3, -0.25) is 0 Å². The number of benzene rings is 4. The molecule has 2 N–H and O–H groups in total. The largest absolute Gasteiger partial charge is 0.378 e. The zero-order valence-corrected chi connectivity index (χ0v) is 24.5. The van der Waals surface area contributed by atoms with E-state index < -0.39 is 0 Å². The molecule has 0 fully saturated rings.